The van der Waals surface area contributed by atoms with E-state index in [9.17, 15) is 0 Å². The summed E-state index contributed by atoms with van der Waals surface area (Å²) in [4.78, 5) is 0. The van der Waals surface area contributed by atoms with E-state index in [0.717, 1.165) is 22.6 Å². The molecule has 0 radical (unpaired) electrons. The summed E-state index contributed by atoms with van der Waals surface area (Å²) < 4.78 is 0. The van der Waals surface area contributed by atoms with Crippen LogP contribution in [-0.4, -0.2) is 5.71 Å². The van der Waals surface area contributed by atoms with Crippen molar-refractivity contribution in [2.45, 2.75) is 13.8 Å². The number of anilines is 2. The molecule has 0 unspecified atom stereocenters. The summed E-state index contributed by atoms with van der Waals surface area (Å²) in [5, 5.41) is 4.35. The van der Waals surface area contributed by atoms with Gasteiger partial charge in [-0.3, -0.25) is 5.43 Å². The van der Waals surface area contributed by atoms with Crippen molar-refractivity contribution < 1.29 is 0 Å². The Labute approximate surface area is 107 Å². The zero-order chi connectivity index (χ0) is 13.0. The Balaban J connectivity index is 2.20. The molecule has 3 heteroatoms. The summed E-state index contributed by atoms with van der Waals surface area (Å²) in [6.45, 7) is 3.99. The van der Waals surface area contributed by atoms with E-state index >= 15 is 0 Å². The quantitative estimate of drug-likeness (QED) is 0.490. The largest absolute Gasteiger partial charge is 0.398 e. The highest BCUT2D eigenvalue weighted by Gasteiger charge is 2.03. The number of hydrogen-bond donors (Lipinski definition) is 2. The van der Waals surface area contributed by atoms with Crippen LogP contribution in [0.25, 0.3) is 0 Å². The summed E-state index contributed by atoms with van der Waals surface area (Å²) in [6, 6.07) is 15.8. The number of para-hydroxylation sites is 1. The van der Waals surface area contributed by atoms with Crippen LogP contribution in [0.2, 0.25) is 0 Å². The predicted octanol–water partition coefficient (Wildman–Crippen LogP) is 3.41. The minimum absolute atomic E-state index is 0.747. The number of nitrogens with one attached hydrogen (secondary N) is 1. The van der Waals surface area contributed by atoms with E-state index in [-0.39, 0.29) is 0 Å². The summed E-state index contributed by atoms with van der Waals surface area (Å²) >= 11 is 0. The van der Waals surface area contributed by atoms with Crippen molar-refractivity contribution >= 4 is 17.1 Å². The Hall–Kier alpha value is -2.29. The van der Waals surface area contributed by atoms with Gasteiger partial charge in [0.1, 0.15) is 0 Å². The lowest BCUT2D eigenvalue weighted by Gasteiger charge is -2.07. The van der Waals surface area contributed by atoms with E-state index in [1.807, 2.05) is 62.4 Å². The number of benzene rings is 2. The second kappa shape index (κ2) is 5.36. The van der Waals surface area contributed by atoms with E-state index < -0.39 is 0 Å². The molecule has 18 heavy (non-hydrogen) atoms. The molecule has 0 aromatic heterocycles. The first-order valence-corrected chi connectivity index (χ1v) is 5.88. The standard InChI is InChI=1S/C15H17N3/c1-11-8-9-15(16)14(10-11)12(2)17-18-13-6-4-3-5-7-13/h3-10,18H,16H2,1-2H3/b17-12+. The molecule has 0 saturated heterocycles. The highest BCUT2D eigenvalue weighted by Crippen LogP contribution is 2.15. The van der Waals surface area contributed by atoms with E-state index in [4.69, 9.17) is 5.73 Å². The zero-order valence-electron chi connectivity index (χ0n) is 10.6. The highest BCUT2D eigenvalue weighted by molar-refractivity contribution is 6.03. The van der Waals surface area contributed by atoms with Crippen LogP contribution in [0, 0.1) is 6.92 Å². The SMILES string of the molecule is C/C(=N\Nc1ccccc1)c1cc(C)ccc1N. The van der Waals surface area contributed by atoms with Crippen LogP contribution in [0.3, 0.4) is 0 Å². The fourth-order valence-corrected chi connectivity index (χ4v) is 1.70. The molecule has 2 aromatic rings. The molecule has 3 N–H and O–H groups in total. The first-order chi connectivity index (χ1) is 8.66. The molecule has 0 aliphatic carbocycles. The van der Waals surface area contributed by atoms with Gasteiger partial charge in [-0.15, -0.1) is 0 Å². The molecular weight excluding hydrogens is 222 g/mol. The summed E-state index contributed by atoms with van der Waals surface area (Å²) in [7, 11) is 0. The lowest BCUT2D eigenvalue weighted by atomic mass is 10.1. The van der Waals surface area contributed by atoms with Gasteiger partial charge in [-0.2, -0.15) is 5.10 Å². The zero-order valence-corrected chi connectivity index (χ0v) is 10.6. The van der Waals surface area contributed by atoms with Crippen molar-refractivity contribution in [3.63, 3.8) is 0 Å². The monoisotopic (exact) mass is 239 g/mol. The van der Waals surface area contributed by atoms with Crippen LogP contribution < -0.4 is 11.2 Å². The average molecular weight is 239 g/mol. The Bertz CT molecular complexity index is 559. The molecule has 0 heterocycles. The molecule has 0 fully saturated rings. The molecule has 0 amide bonds. The van der Waals surface area contributed by atoms with Crippen molar-refractivity contribution in [3.05, 3.63) is 59.7 Å². The van der Waals surface area contributed by atoms with Crippen molar-refractivity contribution in [1.29, 1.82) is 0 Å². The molecule has 92 valence electrons. The third-order valence-electron chi connectivity index (χ3n) is 2.73. The molecule has 2 aromatic carbocycles. The predicted molar refractivity (Wildman–Crippen MR) is 77.9 cm³/mol. The fourth-order valence-electron chi connectivity index (χ4n) is 1.70. The fraction of sp³-hybridized carbons (Fsp3) is 0.133. The van der Waals surface area contributed by atoms with Gasteiger partial charge in [-0.1, -0.05) is 29.8 Å². The minimum atomic E-state index is 0.747. The summed E-state index contributed by atoms with van der Waals surface area (Å²) in [6.07, 6.45) is 0. The van der Waals surface area contributed by atoms with Gasteiger partial charge in [0, 0.05) is 11.3 Å². The maximum Gasteiger partial charge on any atom is 0.0669 e. The van der Waals surface area contributed by atoms with E-state index in [0.29, 0.717) is 0 Å². The van der Waals surface area contributed by atoms with Gasteiger partial charge in [-0.05, 0) is 38.1 Å². The van der Waals surface area contributed by atoms with Gasteiger partial charge in [-0.25, -0.2) is 0 Å². The topological polar surface area (TPSA) is 50.4 Å². The lowest BCUT2D eigenvalue weighted by Crippen LogP contribution is -2.04. The normalized spacial score (nSPS) is 11.3. The Morgan fingerprint density at radius 2 is 1.83 bits per heavy atom. The first kappa shape index (κ1) is 12.2. The van der Waals surface area contributed by atoms with Crippen molar-refractivity contribution in [2.75, 3.05) is 11.2 Å². The second-order valence-corrected chi connectivity index (χ2v) is 4.27. The van der Waals surface area contributed by atoms with Crippen molar-refractivity contribution in [3.8, 4) is 0 Å². The molecule has 0 saturated carbocycles. The van der Waals surface area contributed by atoms with Crippen LogP contribution in [0.1, 0.15) is 18.1 Å². The lowest BCUT2D eigenvalue weighted by molar-refractivity contribution is 1.32. The highest BCUT2D eigenvalue weighted by atomic mass is 15.3. The first-order valence-electron chi connectivity index (χ1n) is 5.88. The third-order valence-corrected chi connectivity index (χ3v) is 2.73. The van der Waals surface area contributed by atoms with Gasteiger partial charge in [0.2, 0.25) is 0 Å². The average Bonchev–Trinajstić information content (AvgIpc) is 2.40. The van der Waals surface area contributed by atoms with Gasteiger partial charge in [0.15, 0.2) is 0 Å². The number of nitrogens with zero attached hydrogens (tertiary/aromatic N) is 1. The number of nitrogen functional groups attached to an aromatic ring is 1. The molecule has 0 atom stereocenters. The molecule has 0 bridgehead atoms. The summed E-state index contributed by atoms with van der Waals surface area (Å²) in [5.41, 5.74) is 13.7. The Kier molecular flexibility index (Phi) is 3.63. The van der Waals surface area contributed by atoms with E-state index in [1.165, 1.54) is 5.56 Å². The Morgan fingerprint density at radius 3 is 2.56 bits per heavy atom. The Morgan fingerprint density at radius 1 is 1.11 bits per heavy atom. The molecule has 3 nitrogen and oxygen atoms in total. The van der Waals surface area contributed by atoms with Crippen molar-refractivity contribution in [1.82, 2.24) is 0 Å². The number of aryl methyl sites for hydroxylation is 1. The van der Waals surface area contributed by atoms with Crippen molar-refractivity contribution in [2.24, 2.45) is 5.10 Å². The van der Waals surface area contributed by atoms with Crippen LogP contribution in [-0.2, 0) is 0 Å². The number of hydrazone groups is 1. The molecule has 0 aliphatic rings. The van der Waals surface area contributed by atoms with E-state index in [2.05, 4.69) is 10.5 Å². The molecule has 0 spiro atoms. The maximum atomic E-state index is 5.95. The van der Waals surface area contributed by atoms with Gasteiger partial charge in [0.05, 0.1) is 11.4 Å². The summed E-state index contributed by atoms with van der Waals surface area (Å²) in [5.74, 6) is 0. The van der Waals surface area contributed by atoms with Crippen LogP contribution >= 0.6 is 0 Å². The van der Waals surface area contributed by atoms with Crippen LogP contribution in [0.5, 0.6) is 0 Å². The van der Waals surface area contributed by atoms with Gasteiger partial charge >= 0.3 is 0 Å². The number of hydrogen-bond acceptors (Lipinski definition) is 3. The second-order valence-electron chi connectivity index (χ2n) is 4.27. The van der Waals surface area contributed by atoms with E-state index in [1.54, 1.807) is 0 Å². The molecule has 2 rings (SSSR count). The number of rotatable bonds is 3. The molecular formula is C15H17N3. The van der Waals surface area contributed by atoms with Gasteiger partial charge < -0.3 is 5.73 Å². The minimum Gasteiger partial charge on any atom is -0.398 e. The van der Waals surface area contributed by atoms with Crippen LogP contribution in [0.15, 0.2) is 53.6 Å². The van der Waals surface area contributed by atoms with Gasteiger partial charge in [0.25, 0.3) is 0 Å². The third kappa shape index (κ3) is 2.88. The maximum absolute atomic E-state index is 5.95. The smallest absolute Gasteiger partial charge is 0.0669 e. The number of nitrogens with two attached hydrogens (primary N) is 1. The molecule has 0 aliphatic heterocycles. The van der Waals surface area contributed by atoms with Crippen LogP contribution in [0.4, 0.5) is 11.4 Å².